The first-order chi connectivity index (χ1) is 9.10. The van der Waals surface area contributed by atoms with E-state index in [-0.39, 0.29) is 36.6 Å². The summed E-state index contributed by atoms with van der Waals surface area (Å²) in [6.07, 6.45) is 5.72. The third-order valence-electron chi connectivity index (χ3n) is 3.86. The van der Waals surface area contributed by atoms with E-state index >= 15 is 0 Å². The maximum atomic E-state index is 9.83. The van der Waals surface area contributed by atoms with E-state index in [2.05, 4.69) is 13.2 Å². The van der Waals surface area contributed by atoms with Crippen molar-refractivity contribution in [3.8, 4) is 0 Å². The van der Waals surface area contributed by atoms with Gasteiger partial charge in [0, 0.05) is 19.3 Å². The zero-order valence-electron chi connectivity index (χ0n) is 11.3. The van der Waals surface area contributed by atoms with Crippen molar-refractivity contribution in [1.82, 2.24) is 0 Å². The standard InChI is InChI=1S/C15H24O4/c1-3-12-5-10(16)7-14(18-12)9-15-8-11(17)6-13(4-2)19-15/h3-4,10-17H,1-2,5-9H2/t10-,11+,12+,13-,14+,15-. The van der Waals surface area contributed by atoms with Crippen molar-refractivity contribution in [2.24, 2.45) is 0 Å². The molecule has 4 nitrogen and oxygen atoms in total. The first-order valence-corrected chi connectivity index (χ1v) is 7.02. The molecule has 2 fully saturated rings. The Morgan fingerprint density at radius 1 is 0.842 bits per heavy atom. The van der Waals surface area contributed by atoms with Gasteiger partial charge in [-0.3, -0.25) is 0 Å². The van der Waals surface area contributed by atoms with Crippen molar-refractivity contribution in [1.29, 1.82) is 0 Å². The lowest BCUT2D eigenvalue weighted by molar-refractivity contribution is -0.125. The molecule has 0 aromatic carbocycles. The molecule has 2 heterocycles. The minimum Gasteiger partial charge on any atom is -0.393 e. The van der Waals surface area contributed by atoms with Crippen LogP contribution in [0.15, 0.2) is 25.3 Å². The molecule has 2 saturated heterocycles. The molecule has 2 N–H and O–H groups in total. The topological polar surface area (TPSA) is 58.9 Å². The van der Waals surface area contributed by atoms with E-state index in [9.17, 15) is 10.2 Å². The van der Waals surface area contributed by atoms with Gasteiger partial charge in [-0.05, 0) is 12.8 Å². The molecule has 0 spiro atoms. The molecule has 4 heteroatoms. The highest BCUT2D eigenvalue weighted by Crippen LogP contribution is 2.29. The molecule has 2 aliphatic heterocycles. The van der Waals surface area contributed by atoms with Gasteiger partial charge in [-0.2, -0.15) is 0 Å². The number of aliphatic hydroxyl groups excluding tert-OH is 2. The van der Waals surface area contributed by atoms with Gasteiger partial charge in [0.05, 0.1) is 36.6 Å². The molecule has 19 heavy (non-hydrogen) atoms. The van der Waals surface area contributed by atoms with E-state index in [4.69, 9.17) is 9.47 Å². The Bertz CT molecular complexity index is 287. The van der Waals surface area contributed by atoms with E-state index < -0.39 is 0 Å². The summed E-state index contributed by atoms with van der Waals surface area (Å²) in [4.78, 5) is 0. The fourth-order valence-electron chi connectivity index (χ4n) is 2.95. The molecule has 0 saturated carbocycles. The van der Waals surface area contributed by atoms with Gasteiger partial charge in [0.25, 0.3) is 0 Å². The lowest BCUT2D eigenvalue weighted by atomic mass is 9.93. The molecular weight excluding hydrogens is 244 g/mol. The summed E-state index contributed by atoms with van der Waals surface area (Å²) in [5.74, 6) is 0. The second-order valence-electron chi connectivity index (χ2n) is 5.55. The third-order valence-corrected chi connectivity index (χ3v) is 3.86. The zero-order valence-corrected chi connectivity index (χ0v) is 11.3. The molecule has 2 aliphatic rings. The molecule has 0 bridgehead atoms. The van der Waals surface area contributed by atoms with Crippen LogP contribution in [0.1, 0.15) is 32.1 Å². The molecule has 0 amide bonds. The van der Waals surface area contributed by atoms with Crippen LogP contribution in [0.2, 0.25) is 0 Å². The molecule has 0 aromatic heterocycles. The molecule has 0 unspecified atom stereocenters. The van der Waals surface area contributed by atoms with Gasteiger partial charge in [0.15, 0.2) is 0 Å². The summed E-state index contributed by atoms with van der Waals surface area (Å²) < 4.78 is 11.7. The van der Waals surface area contributed by atoms with Crippen molar-refractivity contribution in [2.45, 2.75) is 68.7 Å². The Morgan fingerprint density at radius 2 is 1.26 bits per heavy atom. The second kappa shape index (κ2) is 6.66. The van der Waals surface area contributed by atoms with Crippen LogP contribution in [0.3, 0.4) is 0 Å². The first kappa shape index (κ1) is 14.7. The Balaban J connectivity index is 1.88. The lowest BCUT2D eigenvalue weighted by Crippen LogP contribution is -2.41. The monoisotopic (exact) mass is 268 g/mol. The fraction of sp³-hybridized carbons (Fsp3) is 0.733. The van der Waals surface area contributed by atoms with Crippen molar-refractivity contribution < 1.29 is 19.7 Å². The van der Waals surface area contributed by atoms with Crippen molar-refractivity contribution in [3.63, 3.8) is 0 Å². The SMILES string of the molecule is C=C[C@@H]1C[C@H](O)C[C@H](C[C@@H]2C[C@H](O)C[C@H](C=C)O2)O1. The van der Waals surface area contributed by atoms with E-state index in [1.54, 1.807) is 12.2 Å². The van der Waals surface area contributed by atoms with E-state index in [0.717, 1.165) is 0 Å². The zero-order chi connectivity index (χ0) is 13.8. The van der Waals surface area contributed by atoms with Crippen LogP contribution >= 0.6 is 0 Å². The molecule has 0 radical (unpaired) electrons. The minimum absolute atomic E-state index is 0.0347. The van der Waals surface area contributed by atoms with Crippen molar-refractivity contribution in [2.75, 3.05) is 0 Å². The van der Waals surface area contributed by atoms with Gasteiger partial charge in [-0.15, -0.1) is 13.2 Å². The van der Waals surface area contributed by atoms with Crippen LogP contribution in [-0.2, 0) is 9.47 Å². The molecule has 0 aliphatic carbocycles. The largest absolute Gasteiger partial charge is 0.393 e. The van der Waals surface area contributed by atoms with E-state index in [0.29, 0.717) is 32.1 Å². The van der Waals surface area contributed by atoms with Gasteiger partial charge >= 0.3 is 0 Å². The van der Waals surface area contributed by atoms with Gasteiger partial charge in [-0.1, -0.05) is 12.2 Å². The molecule has 6 atom stereocenters. The summed E-state index contributed by atoms with van der Waals surface area (Å²) in [6, 6.07) is 0. The predicted molar refractivity (Wildman–Crippen MR) is 72.8 cm³/mol. The van der Waals surface area contributed by atoms with Crippen molar-refractivity contribution in [3.05, 3.63) is 25.3 Å². The van der Waals surface area contributed by atoms with Gasteiger partial charge in [0.2, 0.25) is 0 Å². The molecular formula is C15H24O4. The number of rotatable bonds is 4. The summed E-state index contributed by atoms with van der Waals surface area (Å²) in [5, 5.41) is 19.7. The van der Waals surface area contributed by atoms with Crippen LogP contribution in [0.25, 0.3) is 0 Å². The second-order valence-corrected chi connectivity index (χ2v) is 5.55. The van der Waals surface area contributed by atoms with Gasteiger partial charge < -0.3 is 19.7 Å². The van der Waals surface area contributed by atoms with E-state index in [1.165, 1.54) is 0 Å². The Labute approximate surface area is 114 Å². The first-order valence-electron chi connectivity index (χ1n) is 7.02. The maximum absolute atomic E-state index is 9.83. The molecule has 0 aromatic rings. The fourth-order valence-corrected chi connectivity index (χ4v) is 2.95. The highest BCUT2D eigenvalue weighted by atomic mass is 16.5. The Morgan fingerprint density at radius 3 is 1.63 bits per heavy atom. The number of hydrogen-bond donors (Lipinski definition) is 2. The third kappa shape index (κ3) is 4.14. The van der Waals surface area contributed by atoms with E-state index in [1.807, 2.05) is 0 Å². The van der Waals surface area contributed by atoms with Gasteiger partial charge in [0.1, 0.15) is 0 Å². The van der Waals surface area contributed by atoms with Crippen LogP contribution in [0, 0.1) is 0 Å². The quantitative estimate of drug-likeness (QED) is 0.760. The summed E-state index contributed by atoms with van der Waals surface area (Å²) >= 11 is 0. The molecule has 108 valence electrons. The normalized spacial score (nSPS) is 43.7. The molecule has 2 rings (SSSR count). The number of hydrogen-bond acceptors (Lipinski definition) is 4. The smallest absolute Gasteiger partial charge is 0.0781 e. The Kier molecular flexibility index (Phi) is 5.16. The highest BCUT2D eigenvalue weighted by Gasteiger charge is 2.32. The predicted octanol–water partition coefficient (Wildman–Crippen LogP) is 1.57. The van der Waals surface area contributed by atoms with Gasteiger partial charge in [-0.25, -0.2) is 0 Å². The van der Waals surface area contributed by atoms with Crippen LogP contribution in [0.4, 0.5) is 0 Å². The highest BCUT2D eigenvalue weighted by molar-refractivity contribution is 4.91. The average Bonchev–Trinajstić information content (AvgIpc) is 2.37. The summed E-state index contributed by atoms with van der Waals surface area (Å²) in [7, 11) is 0. The maximum Gasteiger partial charge on any atom is 0.0781 e. The van der Waals surface area contributed by atoms with Crippen LogP contribution in [0.5, 0.6) is 0 Å². The summed E-state index contributed by atoms with van der Waals surface area (Å²) in [6.45, 7) is 7.43. The Hall–Kier alpha value is -0.680. The number of aliphatic hydroxyl groups is 2. The number of ether oxygens (including phenoxy) is 2. The lowest BCUT2D eigenvalue weighted by Gasteiger charge is -2.37. The van der Waals surface area contributed by atoms with Crippen LogP contribution in [-0.4, -0.2) is 46.8 Å². The minimum atomic E-state index is -0.342. The average molecular weight is 268 g/mol. The van der Waals surface area contributed by atoms with Crippen molar-refractivity contribution >= 4 is 0 Å². The van der Waals surface area contributed by atoms with Crippen LogP contribution < -0.4 is 0 Å². The summed E-state index contributed by atoms with van der Waals surface area (Å²) in [5.41, 5.74) is 0.